The van der Waals surface area contributed by atoms with Crippen LogP contribution in [0.25, 0.3) is 0 Å². The van der Waals surface area contributed by atoms with E-state index in [9.17, 15) is 4.79 Å². The van der Waals surface area contributed by atoms with Crippen LogP contribution >= 0.6 is 15.9 Å². The predicted octanol–water partition coefficient (Wildman–Crippen LogP) is 3.42. The molecule has 0 spiro atoms. The van der Waals surface area contributed by atoms with E-state index in [1.165, 1.54) is 0 Å². The summed E-state index contributed by atoms with van der Waals surface area (Å²) in [5, 5.41) is 0. The van der Waals surface area contributed by atoms with E-state index in [1.807, 2.05) is 73.6 Å². The topological polar surface area (TPSA) is 32.8 Å². The maximum Gasteiger partial charge on any atom is 0.260 e. The number of ether oxygens (including phenoxy) is 1. The third-order valence-corrected chi connectivity index (χ3v) is 4.09. The highest BCUT2D eigenvalue weighted by Gasteiger charge is 2.15. The molecular formula is C19H23BrN2O2. The fourth-order valence-corrected chi connectivity index (χ4v) is 2.45. The molecule has 1 amide bonds. The number of carbonyl (C=O) groups excluding carboxylic acids is 1. The fraction of sp³-hybridized carbons (Fsp3) is 0.316. The summed E-state index contributed by atoms with van der Waals surface area (Å²) >= 11 is 3.38. The van der Waals surface area contributed by atoms with Crippen LogP contribution in [0.3, 0.4) is 0 Å². The van der Waals surface area contributed by atoms with Gasteiger partial charge in [-0.25, -0.2) is 0 Å². The highest BCUT2D eigenvalue weighted by atomic mass is 79.9. The van der Waals surface area contributed by atoms with Crippen LogP contribution in [0.2, 0.25) is 0 Å². The standard InChI is InChI=1S/C19H23BrN2O2/c1-21(2)12-13-22(14-16-6-4-3-5-7-16)19(23)15-24-18-10-8-17(20)9-11-18/h3-11H,12-15H2,1-2H3. The molecule has 2 aromatic rings. The van der Waals surface area contributed by atoms with E-state index in [0.717, 1.165) is 16.6 Å². The largest absolute Gasteiger partial charge is 0.484 e. The number of hydrogen-bond acceptors (Lipinski definition) is 3. The Labute approximate surface area is 152 Å². The van der Waals surface area contributed by atoms with E-state index in [4.69, 9.17) is 4.74 Å². The highest BCUT2D eigenvalue weighted by molar-refractivity contribution is 9.10. The summed E-state index contributed by atoms with van der Waals surface area (Å²) in [6, 6.07) is 17.5. The Morgan fingerprint density at radius 2 is 1.67 bits per heavy atom. The van der Waals surface area contributed by atoms with Crippen molar-refractivity contribution in [2.45, 2.75) is 6.54 Å². The first kappa shape index (κ1) is 18.5. The minimum absolute atomic E-state index is 0.0105. The van der Waals surface area contributed by atoms with Gasteiger partial charge >= 0.3 is 0 Å². The normalized spacial score (nSPS) is 10.7. The SMILES string of the molecule is CN(C)CCN(Cc1ccccc1)C(=O)COc1ccc(Br)cc1. The molecule has 128 valence electrons. The molecule has 24 heavy (non-hydrogen) atoms. The summed E-state index contributed by atoms with van der Waals surface area (Å²) in [6.07, 6.45) is 0. The number of carbonyl (C=O) groups is 1. The summed E-state index contributed by atoms with van der Waals surface area (Å²) in [5.74, 6) is 0.683. The second kappa shape index (κ2) is 9.45. The number of nitrogens with zero attached hydrogens (tertiary/aromatic N) is 2. The Morgan fingerprint density at radius 1 is 1.00 bits per heavy atom. The van der Waals surface area contributed by atoms with Crippen LogP contribution in [-0.2, 0) is 11.3 Å². The Bertz CT molecular complexity index is 630. The summed E-state index contributed by atoms with van der Waals surface area (Å²) < 4.78 is 6.61. The van der Waals surface area contributed by atoms with Gasteiger partial charge in [0, 0.05) is 24.1 Å². The van der Waals surface area contributed by atoms with E-state index >= 15 is 0 Å². The van der Waals surface area contributed by atoms with Crippen LogP contribution in [0.15, 0.2) is 59.1 Å². The summed E-state index contributed by atoms with van der Waals surface area (Å²) in [7, 11) is 4.01. The Kier molecular flexibility index (Phi) is 7.28. The van der Waals surface area contributed by atoms with Crippen molar-refractivity contribution in [1.29, 1.82) is 0 Å². The van der Waals surface area contributed by atoms with E-state index in [2.05, 4.69) is 20.8 Å². The van der Waals surface area contributed by atoms with Crippen LogP contribution in [0.1, 0.15) is 5.56 Å². The number of amides is 1. The quantitative estimate of drug-likeness (QED) is 0.692. The lowest BCUT2D eigenvalue weighted by Crippen LogP contribution is -2.38. The van der Waals surface area contributed by atoms with Gasteiger partial charge in [-0.15, -0.1) is 0 Å². The average Bonchev–Trinajstić information content (AvgIpc) is 2.58. The van der Waals surface area contributed by atoms with Crippen LogP contribution in [-0.4, -0.2) is 49.5 Å². The van der Waals surface area contributed by atoms with Gasteiger partial charge in [0.1, 0.15) is 5.75 Å². The molecule has 0 aliphatic rings. The zero-order valence-electron chi connectivity index (χ0n) is 14.1. The highest BCUT2D eigenvalue weighted by Crippen LogP contribution is 2.16. The smallest absolute Gasteiger partial charge is 0.260 e. The molecule has 5 heteroatoms. The van der Waals surface area contributed by atoms with Crippen LogP contribution in [0.5, 0.6) is 5.75 Å². The lowest BCUT2D eigenvalue weighted by Gasteiger charge is -2.24. The molecule has 2 aromatic carbocycles. The first-order chi connectivity index (χ1) is 11.5. The zero-order valence-corrected chi connectivity index (χ0v) is 15.7. The molecule has 0 aliphatic heterocycles. The van der Waals surface area contributed by atoms with Crippen molar-refractivity contribution < 1.29 is 9.53 Å². The van der Waals surface area contributed by atoms with Crippen LogP contribution in [0, 0.1) is 0 Å². The molecule has 2 rings (SSSR count). The van der Waals surface area contributed by atoms with Crippen molar-refractivity contribution in [1.82, 2.24) is 9.80 Å². The second-order valence-electron chi connectivity index (χ2n) is 5.85. The van der Waals surface area contributed by atoms with Crippen LogP contribution < -0.4 is 4.74 Å². The summed E-state index contributed by atoms with van der Waals surface area (Å²) in [4.78, 5) is 16.5. The van der Waals surface area contributed by atoms with E-state index in [1.54, 1.807) is 0 Å². The number of halogens is 1. The molecule has 0 N–H and O–H groups in total. The molecule has 0 bridgehead atoms. The first-order valence-corrected chi connectivity index (χ1v) is 8.68. The first-order valence-electron chi connectivity index (χ1n) is 7.89. The van der Waals surface area contributed by atoms with E-state index in [-0.39, 0.29) is 12.5 Å². The van der Waals surface area contributed by atoms with Crippen LogP contribution in [0.4, 0.5) is 0 Å². The number of likely N-dealkylation sites (N-methyl/N-ethyl adjacent to an activating group) is 1. The molecule has 4 nitrogen and oxygen atoms in total. The molecule has 0 unspecified atom stereocenters. The number of rotatable bonds is 8. The molecule has 0 radical (unpaired) electrons. The minimum atomic E-state index is -0.0105. The molecule has 0 aromatic heterocycles. The van der Waals surface area contributed by atoms with E-state index < -0.39 is 0 Å². The van der Waals surface area contributed by atoms with Crippen molar-refractivity contribution in [3.05, 3.63) is 64.6 Å². The zero-order chi connectivity index (χ0) is 17.4. The molecule has 0 saturated carbocycles. The van der Waals surface area contributed by atoms with Gasteiger partial charge in [0.15, 0.2) is 6.61 Å². The van der Waals surface area contributed by atoms with Crippen molar-refractivity contribution in [3.8, 4) is 5.75 Å². The third-order valence-electron chi connectivity index (χ3n) is 3.56. The molecule has 0 atom stereocenters. The summed E-state index contributed by atoms with van der Waals surface area (Å²) in [5.41, 5.74) is 1.12. The van der Waals surface area contributed by atoms with Gasteiger partial charge in [-0.1, -0.05) is 46.3 Å². The average molecular weight is 391 g/mol. The maximum atomic E-state index is 12.6. The Morgan fingerprint density at radius 3 is 2.29 bits per heavy atom. The maximum absolute atomic E-state index is 12.6. The third kappa shape index (κ3) is 6.34. The van der Waals surface area contributed by atoms with Crippen molar-refractivity contribution in [3.63, 3.8) is 0 Å². The van der Waals surface area contributed by atoms with Gasteiger partial charge in [0.2, 0.25) is 0 Å². The second-order valence-corrected chi connectivity index (χ2v) is 6.76. The molecular weight excluding hydrogens is 368 g/mol. The molecule has 0 saturated heterocycles. The predicted molar refractivity (Wildman–Crippen MR) is 100 cm³/mol. The van der Waals surface area contributed by atoms with Crippen molar-refractivity contribution in [2.75, 3.05) is 33.8 Å². The van der Waals surface area contributed by atoms with Gasteiger partial charge in [0.05, 0.1) is 0 Å². The van der Waals surface area contributed by atoms with E-state index in [0.29, 0.717) is 18.8 Å². The molecule has 0 aliphatic carbocycles. The summed E-state index contributed by atoms with van der Waals surface area (Å²) in [6.45, 7) is 2.13. The Balaban J connectivity index is 1.96. The molecule has 0 fully saturated rings. The minimum Gasteiger partial charge on any atom is -0.484 e. The van der Waals surface area contributed by atoms with Gasteiger partial charge < -0.3 is 14.5 Å². The Hall–Kier alpha value is -1.85. The fourth-order valence-electron chi connectivity index (χ4n) is 2.18. The van der Waals surface area contributed by atoms with Crippen molar-refractivity contribution in [2.24, 2.45) is 0 Å². The lowest BCUT2D eigenvalue weighted by atomic mass is 10.2. The van der Waals surface area contributed by atoms with Gasteiger partial charge in [0.25, 0.3) is 5.91 Å². The molecule has 0 heterocycles. The monoisotopic (exact) mass is 390 g/mol. The lowest BCUT2D eigenvalue weighted by molar-refractivity contribution is -0.134. The van der Waals surface area contributed by atoms with Crippen molar-refractivity contribution >= 4 is 21.8 Å². The van der Waals surface area contributed by atoms with Gasteiger partial charge in [-0.3, -0.25) is 4.79 Å². The van der Waals surface area contributed by atoms with Gasteiger partial charge in [-0.2, -0.15) is 0 Å². The number of benzene rings is 2. The van der Waals surface area contributed by atoms with Gasteiger partial charge in [-0.05, 0) is 43.9 Å². The number of hydrogen-bond donors (Lipinski definition) is 0.